The van der Waals surface area contributed by atoms with Gasteiger partial charge < -0.3 is 16.0 Å². The van der Waals surface area contributed by atoms with Crippen molar-refractivity contribution >= 4 is 11.9 Å². The molecule has 1 fully saturated rings. The zero-order chi connectivity index (χ0) is 17.8. The Morgan fingerprint density at radius 2 is 1.88 bits per heavy atom. The topological polar surface area (TPSA) is 70.2 Å². The maximum absolute atomic E-state index is 11.9. The van der Waals surface area contributed by atoms with Crippen LogP contribution in [0.15, 0.2) is 24.3 Å². The van der Waals surface area contributed by atoms with Crippen LogP contribution in [0, 0.1) is 17.8 Å². The van der Waals surface area contributed by atoms with Crippen molar-refractivity contribution in [2.24, 2.45) is 17.8 Å². The van der Waals surface area contributed by atoms with Crippen LogP contribution in [0.2, 0.25) is 0 Å². The van der Waals surface area contributed by atoms with Crippen molar-refractivity contribution in [3.05, 3.63) is 35.4 Å². The summed E-state index contributed by atoms with van der Waals surface area (Å²) in [6.45, 7) is 5.66. The van der Waals surface area contributed by atoms with Crippen molar-refractivity contribution in [1.29, 1.82) is 0 Å². The molecule has 3 atom stereocenters. The lowest BCUT2D eigenvalue weighted by atomic mass is 9.92. The molecule has 25 heavy (non-hydrogen) atoms. The van der Waals surface area contributed by atoms with Gasteiger partial charge in [0, 0.05) is 25.6 Å². The number of hydrogen-bond donors (Lipinski definition) is 3. The molecule has 5 nitrogen and oxygen atoms in total. The van der Waals surface area contributed by atoms with Gasteiger partial charge in [0.05, 0.1) is 0 Å². The average Bonchev–Trinajstić information content (AvgIpc) is 3.33. The van der Waals surface area contributed by atoms with E-state index in [0.717, 1.165) is 18.9 Å². The summed E-state index contributed by atoms with van der Waals surface area (Å²) < 4.78 is 0. The van der Waals surface area contributed by atoms with Crippen LogP contribution in [0.3, 0.4) is 0 Å². The fraction of sp³-hybridized carbons (Fsp3) is 0.600. The molecule has 0 aliphatic heterocycles. The number of fused-ring (bicyclic) bond motifs is 3. The standard InChI is InChI=1S/C20H29N3O2/c1-13(2)19(24)21-10-5-11-22-20(25)23-12-17-16-9-8-14-6-3-4-7-15(14)18(16)17/h3-4,6-7,13,16-18H,5,8-12H2,1-2H3,(H,21,24)(H2,22,23,25)/t16-,17+,18+/m0/s1. The molecule has 0 unspecified atom stereocenters. The molecule has 3 amide bonds. The first kappa shape index (κ1) is 17.8. The first-order chi connectivity index (χ1) is 12.1. The first-order valence-electron chi connectivity index (χ1n) is 9.45. The van der Waals surface area contributed by atoms with E-state index in [1.54, 1.807) is 0 Å². The molecule has 3 N–H and O–H groups in total. The summed E-state index contributed by atoms with van der Waals surface area (Å²) in [6, 6.07) is 8.62. The fourth-order valence-corrected chi connectivity index (χ4v) is 3.97. The Morgan fingerprint density at radius 3 is 2.68 bits per heavy atom. The summed E-state index contributed by atoms with van der Waals surface area (Å²) in [5, 5.41) is 8.73. The van der Waals surface area contributed by atoms with E-state index in [9.17, 15) is 9.59 Å². The van der Waals surface area contributed by atoms with E-state index in [-0.39, 0.29) is 17.9 Å². The van der Waals surface area contributed by atoms with Gasteiger partial charge in [0.1, 0.15) is 0 Å². The number of nitrogens with one attached hydrogen (secondary N) is 3. The molecule has 0 aromatic heterocycles. The normalized spacial score (nSPS) is 23.4. The van der Waals surface area contributed by atoms with E-state index in [1.165, 1.54) is 24.0 Å². The number of amides is 3. The maximum Gasteiger partial charge on any atom is 0.314 e. The first-order valence-corrected chi connectivity index (χ1v) is 9.45. The third kappa shape index (κ3) is 4.33. The van der Waals surface area contributed by atoms with Crippen molar-refractivity contribution in [3.63, 3.8) is 0 Å². The van der Waals surface area contributed by atoms with Crippen LogP contribution < -0.4 is 16.0 Å². The number of aryl methyl sites for hydroxylation is 1. The zero-order valence-corrected chi connectivity index (χ0v) is 15.2. The third-order valence-corrected chi connectivity index (χ3v) is 5.45. The summed E-state index contributed by atoms with van der Waals surface area (Å²) in [5.41, 5.74) is 2.98. The van der Waals surface area contributed by atoms with E-state index in [0.29, 0.717) is 24.9 Å². The minimum atomic E-state index is -0.105. The van der Waals surface area contributed by atoms with Gasteiger partial charge in [0.2, 0.25) is 5.91 Å². The van der Waals surface area contributed by atoms with Gasteiger partial charge in [0.15, 0.2) is 0 Å². The number of benzene rings is 1. The second kappa shape index (κ2) is 7.89. The lowest BCUT2D eigenvalue weighted by Gasteiger charge is -2.13. The van der Waals surface area contributed by atoms with Gasteiger partial charge in [-0.25, -0.2) is 4.79 Å². The van der Waals surface area contributed by atoms with Crippen molar-refractivity contribution in [3.8, 4) is 0 Å². The van der Waals surface area contributed by atoms with Crippen LogP contribution in [0.1, 0.15) is 43.7 Å². The summed E-state index contributed by atoms with van der Waals surface area (Å²) in [6.07, 6.45) is 3.15. The summed E-state index contributed by atoms with van der Waals surface area (Å²) >= 11 is 0. The highest BCUT2D eigenvalue weighted by atomic mass is 16.2. The molecule has 3 rings (SSSR count). The lowest BCUT2D eigenvalue weighted by molar-refractivity contribution is -0.123. The van der Waals surface area contributed by atoms with Crippen molar-refractivity contribution in [2.45, 2.75) is 39.0 Å². The molecule has 0 heterocycles. The van der Waals surface area contributed by atoms with Crippen LogP contribution in [-0.2, 0) is 11.2 Å². The highest BCUT2D eigenvalue weighted by Crippen LogP contribution is 2.59. The minimum Gasteiger partial charge on any atom is -0.356 e. The van der Waals surface area contributed by atoms with Gasteiger partial charge in [0.25, 0.3) is 0 Å². The van der Waals surface area contributed by atoms with Crippen molar-refractivity contribution in [2.75, 3.05) is 19.6 Å². The number of carbonyl (C=O) groups excluding carboxylic acids is 2. The molecular weight excluding hydrogens is 314 g/mol. The Hall–Kier alpha value is -2.04. The Balaban J connectivity index is 1.31. The zero-order valence-electron chi connectivity index (χ0n) is 15.2. The molecular formula is C20H29N3O2. The Labute approximate surface area is 150 Å². The third-order valence-electron chi connectivity index (χ3n) is 5.45. The van der Waals surface area contributed by atoms with Crippen molar-refractivity contribution < 1.29 is 9.59 Å². The molecule has 1 aromatic rings. The van der Waals surface area contributed by atoms with E-state index in [2.05, 4.69) is 40.2 Å². The van der Waals surface area contributed by atoms with Crippen LogP contribution in [0.4, 0.5) is 4.79 Å². The Morgan fingerprint density at radius 1 is 1.12 bits per heavy atom. The molecule has 0 saturated heterocycles. The van der Waals surface area contributed by atoms with Crippen LogP contribution >= 0.6 is 0 Å². The SMILES string of the molecule is CC(C)C(=O)NCCCNC(=O)NC[C@@H]1[C@@H]2CCc3ccccc3[C@@H]12. The summed E-state index contributed by atoms with van der Waals surface area (Å²) in [5.74, 6) is 2.02. The van der Waals surface area contributed by atoms with Gasteiger partial charge in [-0.1, -0.05) is 38.1 Å². The number of hydrogen-bond acceptors (Lipinski definition) is 2. The van der Waals surface area contributed by atoms with Gasteiger partial charge in [-0.15, -0.1) is 0 Å². The van der Waals surface area contributed by atoms with Crippen LogP contribution in [0.25, 0.3) is 0 Å². The molecule has 1 aromatic carbocycles. The van der Waals surface area contributed by atoms with Gasteiger partial charge in [-0.3, -0.25) is 4.79 Å². The van der Waals surface area contributed by atoms with Gasteiger partial charge >= 0.3 is 6.03 Å². The molecule has 0 bridgehead atoms. The Bertz CT molecular complexity index is 629. The molecule has 136 valence electrons. The molecule has 2 aliphatic rings. The van der Waals surface area contributed by atoms with Crippen LogP contribution in [0.5, 0.6) is 0 Å². The van der Waals surface area contributed by atoms with Gasteiger partial charge in [-0.05, 0) is 48.1 Å². The molecule has 0 radical (unpaired) electrons. The van der Waals surface area contributed by atoms with E-state index in [1.807, 2.05) is 13.8 Å². The highest BCUT2D eigenvalue weighted by molar-refractivity contribution is 5.77. The number of urea groups is 1. The molecule has 5 heteroatoms. The number of rotatable bonds is 7. The molecule has 0 spiro atoms. The summed E-state index contributed by atoms with van der Waals surface area (Å²) in [4.78, 5) is 23.3. The smallest absolute Gasteiger partial charge is 0.314 e. The quantitative estimate of drug-likeness (QED) is 0.666. The lowest BCUT2D eigenvalue weighted by Crippen LogP contribution is -2.38. The van der Waals surface area contributed by atoms with Crippen LogP contribution in [-0.4, -0.2) is 31.6 Å². The van der Waals surface area contributed by atoms with E-state index >= 15 is 0 Å². The Kier molecular flexibility index (Phi) is 5.61. The summed E-state index contributed by atoms with van der Waals surface area (Å²) in [7, 11) is 0. The largest absolute Gasteiger partial charge is 0.356 e. The predicted molar refractivity (Wildman–Crippen MR) is 98.4 cm³/mol. The molecule has 1 saturated carbocycles. The second-order valence-corrected chi connectivity index (χ2v) is 7.53. The predicted octanol–water partition coefficient (Wildman–Crippen LogP) is 2.42. The van der Waals surface area contributed by atoms with Gasteiger partial charge in [-0.2, -0.15) is 0 Å². The number of carbonyl (C=O) groups is 2. The van der Waals surface area contributed by atoms with E-state index < -0.39 is 0 Å². The van der Waals surface area contributed by atoms with Crippen molar-refractivity contribution in [1.82, 2.24) is 16.0 Å². The molecule has 2 aliphatic carbocycles. The monoisotopic (exact) mass is 343 g/mol. The fourth-order valence-electron chi connectivity index (χ4n) is 3.97. The second-order valence-electron chi connectivity index (χ2n) is 7.53. The highest BCUT2D eigenvalue weighted by Gasteiger charge is 2.52. The average molecular weight is 343 g/mol. The minimum absolute atomic E-state index is 0.00321. The maximum atomic E-state index is 11.9. The van der Waals surface area contributed by atoms with E-state index in [4.69, 9.17) is 0 Å².